The minimum atomic E-state index is -0.790. The summed E-state index contributed by atoms with van der Waals surface area (Å²) in [6, 6.07) is 13.3. The molecule has 0 saturated carbocycles. The fraction of sp³-hybridized carbons (Fsp3) is 0.316. The lowest BCUT2D eigenvalue weighted by atomic mass is 9.90. The van der Waals surface area contributed by atoms with Crippen molar-refractivity contribution in [2.45, 2.75) is 25.0 Å². The summed E-state index contributed by atoms with van der Waals surface area (Å²) in [5.41, 5.74) is 2.54. The van der Waals surface area contributed by atoms with Gasteiger partial charge in [0.05, 0.1) is 19.3 Å². The van der Waals surface area contributed by atoms with Crippen LogP contribution in [0.2, 0.25) is 0 Å². The Bertz CT molecular complexity index is 763. The molecule has 2 atom stereocenters. The van der Waals surface area contributed by atoms with Crippen molar-refractivity contribution in [3.8, 4) is 0 Å². The van der Waals surface area contributed by atoms with E-state index in [1.807, 2.05) is 24.3 Å². The van der Waals surface area contributed by atoms with Crippen molar-refractivity contribution in [2.75, 3.05) is 13.2 Å². The average molecular weight is 328 g/mol. The molecule has 1 fully saturated rings. The monoisotopic (exact) mass is 328 g/mol. The van der Waals surface area contributed by atoms with Crippen LogP contribution in [-0.4, -0.2) is 35.2 Å². The molecule has 5 heteroatoms. The number of halogens is 2. The van der Waals surface area contributed by atoms with Crippen molar-refractivity contribution in [3.63, 3.8) is 0 Å². The minimum Gasteiger partial charge on any atom is -0.378 e. The molecule has 0 radical (unpaired) electrons. The molecule has 24 heavy (non-hydrogen) atoms. The Hall–Kier alpha value is -2.11. The molecule has 2 aliphatic rings. The van der Waals surface area contributed by atoms with Crippen LogP contribution in [0.3, 0.4) is 0 Å². The highest BCUT2D eigenvalue weighted by Gasteiger charge is 2.35. The first-order valence-electron chi connectivity index (χ1n) is 8.11. The summed E-state index contributed by atoms with van der Waals surface area (Å²) in [5, 5.41) is 0. The maximum atomic E-state index is 14.0. The number of benzene rings is 1. The highest BCUT2D eigenvalue weighted by molar-refractivity contribution is 5.67. The van der Waals surface area contributed by atoms with E-state index in [2.05, 4.69) is 22.0 Å². The zero-order chi connectivity index (χ0) is 16.5. The van der Waals surface area contributed by atoms with Gasteiger partial charge in [-0.1, -0.05) is 36.4 Å². The smallest absolute Gasteiger partial charge is 0.223 e. The predicted molar refractivity (Wildman–Crippen MR) is 87.1 cm³/mol. The number of rotatable bonds is 3. The third kappa shape index (κ3) is 2.97. The lowest BCUT2D eigenvalue weighted by Crippen LogP contribution is -2.53. The van der Waals surface area contributed by atoms with Gasteiger partial charge in [-0.25, -0.2) is 0 Å². The van der Waals surface area contributed by atoms with Crippen LogP contribution in [0.1, 0.15) is 17.5 Å². The number of morpholine rings is 1. The highest BCUT2D eigenvalue weighted by Crippen LogP contribution is 2.34. The van der Waals surface area contributed by atoms with Crippen LogP contribution in [0, 0.1) is 11.9 Å². The van der Waals surface area contributed by atoms with Crippen LogP contribution in [0.25, 0.3) is 5.57 Å². The van der Waals surface area contributed by atoms with E-state index in [0.29, 0.717) is 25.2 Å². The maximum Gasteiger partial charge on any atom is 0.223 e. The van der Waals surface area contributed by atoms with Crippen molar-refractivity contribution in [2.24, 2.45) is 0 Å². The Kier molecular flexibility index (Phi) is 4.12. The van der Waals surface area contributed by atoms with Gasteiger partial charge in [-0.2, -0.15) is 13.8 Å². The van der Waals surface area contributed by atoms with Gasteiger partial charge in [0.1, 0.15) is 0 Å². The second-order valence-electron chi connectivity index (χ2n) is 6.28. The van der Waals surface area contributed by atoms with Crippen LogP contribution in [-0.2, 0) is 11.3 Å². The van der Waals surface area contributed by atoms with E-state index in [-0.39, 0.29) is 12.1 Å². The van der Waals surface area contributed by atoms with Crippen LogP contribution < -0.4 is 0 Å². The van der Waals surface area contributed by atoms with E-state index in [1.54, 1.807) is 0 Å². The van der Waals surface area contributed by atoms with Gasteiger partial charge in [-0.15, -0.1) is 0 Å². The fourth-order valence-electron chi connectivity index (χ4n) is 3.55. The second kappa shape index (κ2) is 6.42. The number of ether oxygens (including phenoxy) is 1. The largest absolute Gasteiger partial charge is 0.378 e. The molecule has 3 heterocycles. The number of fused-ring (bicyclic) bond motifs is 2. The molecule has 2 aliphatic heterocycles. The molecule has 0 spiro atoms. The van der Waals surface area contributed by atoms with Crippen LogP contribution in [0.4, 0.5) is 8.78 Å². The average Bonchev–Trinajstić information content (AvgIpc) is 2.56. The van der Waals surface area contributed by atoms with Crippen molar-refractivity contribution in [3.05, 3.63) is 71.6 Å². The first-order valence-corrected chi connectivity index (χ1v) is 8.11. The van der Waals surface area contributed by atoms with Gasteiger partial charge in [0, 0.05) is 18.2 Å². The summed E-state index contributed by atoms with van der Waals surface area (Å²) in [6.45, 7) is 2.05. The molecule has 2 bridgehead atoms. The summed E-state index contributed by atoms with van der Waals surface area (Å²) in [4.78, 5) is 5.71. The molecular formula is C19H18F2N2O. The van der Waals surface area contributed by atoms with Crippen molar-refractivity contribution in [1.29, 1.82) is 0 Å². The summed E-state index contributed by atoms with van der Waals surface area (Å²) in [6.07, 6.45) is 2.71. The zero-order valence-corrected chi connectivity index (χ0v) is 13.2. The van der Waals surface area contributed by atoms with Crippen molar-refractivity contribution in [1.82, 2.24) is 9.88 Å². The molecule has 2 aromatic rings. The quantitative estimate of drug-likeness (QED) is 0.808. The van der Waals surface area contributed by atoms with E-state index < -0.39 is 11.9 Å². The van der Waals surface area contributed by atoms with Gasteiger partial charge in [0.15, 0.2) is 0 Å². The third-order valence-corrected chi connectivity index (χ3v) is 4.71. The van der Waals surface area contributed by atoms with Crippen LogP contribution in [0.5, 0.6) is 0 Å². The molecule has 1 aromatic heterocycles. The first kappa shape index (κ1) is 15.4. The van der Waals surface area contributed by atoms with Crippen LogP contribution >= 0.6 is 0 Å². The Labute approximate surface area is 139 Å². The number of pyridine rings is 1. The summed E-state index contributed by atoms with van der Waals surface area (Å²) < 4.78 is 32.8. The molecule has 0 amide bonds. The molecule has 0 aliphatic carbocycles. The highest BCUT2D eigenvalue weighted by atomic mass is 19.1. The van der Waals surface area contributed by atoms with Gasteiger partial charge < -0.3 is 4.74 Å². The molecule has 0 N–H and O–H groups in total. The Balaban J connectivity index is 1.62. The summed E-state index contributed by atoms with van der Waals surface area (Å²) in [7, 11) is 0. The van der Waals surface area contributed by atoms with Gasteiger partial charge in [0.2, 0.25) is 11.9 Å². The van der Waals surface area contributed by atoms with Crippen molar-refractivity contribution < 1.29 is 13.5 Å². The van der Waals surface area contributed by atoms with Gasteiger partial charge in [0.25, 0.3) is 0 Å². The SMILES string of the molecule is Fc1ccc(C2=CC3COCC(C2)N3Cc2ccccc2)c(F)n1. The number of aromatic nitrogens is 1. The van der Waals surface area contributed by atoms with E-state index >= 15 is 0 Å². The second-order valence-corrected chi connectivity index (χ2v) is 6.28. The molecule has 1 saturated heterocycles. The first-order chi connectivity index (χ1) is 11.7. The van der Waals surface area contributed by atoms with E-state index in [9.17, 15) is 8.78 Å². The fourth-order valence-corrected chi connectivity index (χ4v) is 3.55. The summed E-state index contributed by atoms with van der Waals surface area (Å²) in [5.74, 6) is -1.53. The molecular weight excluding hydrogens is 310 g/mol. The lowest BCUT2D eigenvalue weighted by molar-refractivity contribution is -0.0403. The van der Waals surface area contributed by atoms with Gasteiger partial charge in [-0.3, -0.25) is 4.90 Å². The van der Waals surface area contributed by atoms with E-state index in [1.165, 1.54) is 17.7 Å². The molecule has 1 aromatic carbocycles. The number of hydrogen-bond donors (Lipinski definition) is 0. The Morgan fingerprint density at radius 3 is 2.67 bits per heavy atom. The van der Waals surface area contributed by atoms with E-state index in [4.69, 9.17) is 4.74 Å². The lowest BCUT2D eigenvalue weighted by Gasteiger charge is -2.44. The Morgan fingerprint density at radius 2 is 1.92 bits per heavy atom. The molecule has 2 unspecified atom stereocenters. The Morgan fingerprint density at radius 1 is 1.08 bits per heavy atom. The molecule has 3 nitrogen and oxygen atoms in total. The van der Waals surface area contributed by atoms with Gasteiger partial charge >= 0.3 is 0 Å². The predicted octanol–water partition coefficient (Wildman–Crippen LogP) is 3.42. The van der Waals surface area contributed by atoms with Gasteiger partial charge in [-0.05, 0) is 29.7 Å². The zero-order valence-electron chi connectivity index (χ0n) is 13.2. The molecule has 124 valence electrons. The van der Waals surface area contributed by atoms with Crippen LogP contribution in [0.15, 0.2) is 48.5 Å². The molecule has 4 rings (SSSR count). The third-order valence-electron chi connectivity index (χ3n) is 4.71. The standard InChI is InChI=1S/C19H18F2N2O/c20-18-7-6-17(19(21)22-18)14-8-15-11-24-12-16(9-14)23(15)10-13-4-2-1-3-5-13/h1-8,15-16H,9-12H2. The number of nitrogens with zero attached hydrogens (tertiary/aromatic N) is 2. The minimum absolute atomic E-state index is 0.0946. The number of hydrogen-bond acceptors (Lipinski definition) is 3. The maximum absolute atomic E-state index is 14.0. The van der Waals surface area contributed by atoms with E-state index in [0.717, 1.165) is 12.1 Å². The topological polar surface area (TPSA) is 25.4 Å². The van der Waals surface area contributed by atoms with Crippen molar-refractivity contribution >= 4 is 5.57 Å². The summed E-state index contributed by atoms with van der Waals surface area (Å²) >= 11 is 0. The normalized spacial score (nSPS) is 23.8.